The molecule has 2 saturated carbocycles. The Hall–Kier alpha value is -1.22. The minimum atomic E-state index is -5.58. The Kier molecular flexibility index (Phi) is 8.70. The average molecular weight is 612 g/mol. The fourth-order valence-electron chi connectivity index (χ4n) is 7.55. The molecule has 1 aromatic carbocycles. The molecule has 0 radical (unpaired) electrons. The minimum Gasteiger partial charge on any atom is -0.508 e. The van der Waals surface area contributed by atoms with E-state index in [4.69, 9.17) is 6.85 Å². The smallest absolute Gasteiger partial charge is 0.453 e. The second-order valence-electron chi connectivity index (χ2n) is 12.6. The maximum atomic E-state index is 13.0. The van der Waals surface area contributed by atoms with E-state index in [1.54, 1.807) is 6.07 Å². The predicted molar refractivity (Wildman–Crippen MR) is 153 cm³/mol. The fraction of sp³-hybridized carbons (Fsp3) is 0.812. The maximum Gasteiger partial charge on any atom is 0.453 e. The van der Waals surface area contributed by atoms with Gasteiger partial charge in [-0.05, 0) is 104 Å². The van der Waals surface area contributed by atoms with Crippen LogP contribution in [-0.4, -0.2) is 44.1 Å². The van der Waals surface area contributed by atoms with E-state index in [1.807, 2.05) is 6.92 Å². The van der Waals surface area contributed by atoms with Crippen LogP contribution >= 0.6 is 0 Å². The van der Waals surface area contributed by atoms with Crippen molar-refractivity contribution in [2.24, 2.45) is 23.2 Å². The molecule has 7 atom stereocenters. The topological polar surface area (TPSA) is 57.5 Å². The lowest BCUT2D eigenvalue weighted by Gasteiger charge is -2.53. The van der Waals surface area contributed by atoms with Gasteiger partial charge in [0.2, 0.25) is 0 Å². The van der Waals surface area contributed by atoms with Crippen LogP contribution < -0.4 is 0 Å². The zero-order valence-electron chi connectivity index (χ0n) is 28.8. The third-order valence-corrected chi connectivity index (χ3v) is 11.4. The highest BCUT2D eigenvalue weighted by atomic mass is 32.2. The van der Waals surface area contributed by atoms with Gasteiger partial charge in [-0.3, -0.25) is 4.21 Å². The van der Waals surface area contributed by atoms with Crippen molar-refractivity contribution in [3.8, 4) is 5.75 Å². The van der Waals surface area contributed by atoms with E-state index >= 15 is 0 Å². The molecule has 0 amide bonds. The molecular formula is C32H47F5O3S. The summed E-state index contributed by atoms with van der Waals surface area (Å²) in [7, 11) is -1.42. The number of phenols is 1. The third-order valence-electron chi connectivity index (χ3n) is 9.87. The van der Waals surface area contributed by atoms with Gasteiger partial charge < -0.3 is 10.2 Å². The molecule has 0 bridgehead atoms. The Labute approximate surface area is 251 Å². The number of aliphatic hydroxyl groups is 1. The Balaban J connectivity index is 1.27. The monoisotopic (exact) mass is 611 g/mol. The van der Waals surface area contributed by atoms with Crippen molar-refractivity contribution in [1.82, 2.24) is 0 Å². The van der Waals surface area contributed by atoms with Crippen LogP contribution in [0.15, 0.2) is 18.2 Å². The first kappa shape index (κ1) is 26.2. The van der Waals surface area contributed by atoms with Crippen molar-refractivity contribution in [3.05, 3.63) is 29.3 Å². The van der Waals surface area contributed by atoms with Crippen molar-refractivity contribution in [1.29, 1.82) is 0 Å². The lowest BCUT2D eigenvalue weighted by Crippen LogP contribution is -2.47. The number of phenolic OH excluding ortho intramolecular Hbond substituents is 1. The Bertz CT molecular complexity index is 1260. The lowest BCUT2D eigenvalue weighted by molar-refractivity contribution is -0.284. The largest absolute Gasteiger partial charge is 0.508 e. The second kappa shape index (κ2) is 13.6. The van der Waals surface area contributed by atoms with Gasteiger partial charge >= 0.3 is 12.1 Å². The number of hydrogen-bond donors (Lipinski definition) is 2. The summed E-state index contributed by atoms with van der Waals surface area (Å²) in [5.74, 6) is -5.16. The molecule has 0 saturated heterocycles. The van der Waals surface area contributed by atoms with E-state index in [0.29, 0.717) is 25.7 Å². The normalized spacial score (nSPS) is 35.2. The molecule has 1 aromatic rings. The molecule has 9 heteroatoms. The van der Waals surface area contributed by atoms with Gasteiger partial charge in [-0.25, -0.2) is 0 Å². The van der Waals surface area contributed by atoms with E-state index in [2.05, 4.69) is 0 Å². The van der Waals surface area contributed by atoms with Crippen molar-refractivity contribution in [2.45, 2.75) is 127 Å². The minimum absolute atomic E-state index is 0.00963. The number of benzene rings is 1. The quantitative estimate of drug-likeness (QED) is 0.163. The Morgan fingerprint density at radius 2 is 1.73 bits per heavy atom. The van der Waals surface area contributed by atoms with E-state index in [0.717, 1.165) is 56.1 Å². The standard InChI is InChI=1S/C32H47F5O3S/c1-30-17-15-26-25-12-11-24(38)21-23(25)20-22(29(26)27(30)13-14-28(30)39)10-7-5-3-2-4-6-8-18-41(40)19-9-16-31(33,34)32(35,36)37/h11-12,21-22,26-29,38-39H,2-10,13-20H2,1H3/t22-,26?,27?,28+,29?,30+,41?/m1/s1/i11D,14D2,21D,28D. The lowest BCUT2D eigenvalue weighted by atomic mass is 9.52. The summed E-state index contributed by atoms with van der Waals surface area (Å²) >= 11 is 0. The maximum absolute atomic E-state index is 13.0. The SMILES string of the molecule is [2H]c1cc2c(c([2H])c1O)C[C@@H](CCCCCCCCCS(=O)CCCC(F)(F)C(F)(F)F)C1C2CC[C@@]2(C)C1CC([2H])([2H])[C@]2([2H])O. The molecule has 3 aliphatic carbocycles. The second-order valence-corrected chi connectivity index (χ2v) is 14.2. The summed E-state index contributed by atoms with van der Waals surface area (Å²) in [5.41, 5.74) is 0.699. The number of halogens is 5. The van der Waals surface area contributed by atoms with Crippen molar-refractivity contribution in [2.75, 3.05) is 11.5 Å². The van der Waals surface area contributed by atoms with Crippen LogP contribution in [0.5, 0.6) is 5.75 Å². The van der Waals surface area contributed by atoms with Gasteiger partial charge in [-0.15, -0.1) is 0 Å². The van der Waals surface area contributed by atoms with Crippen LogP contribution in [0.1, 0.15) is 121 Å². The zero-order valence-corrected chi connectivity index (χ0v) is 24.6. The summed E-state index contributed by atoms with van der Waals surface area (Å²) < 4.78 is 117. The van der Waals surface area contributed by atoms with Crippen LogP contribution in [0.2, 0.25) is 0 Å². The fourth-order valence-corrected chi connectivity index (χ4v) is 8.75. The van der Waals surface area contributed by atoms with E-state index < -0.39 is 53.6 Å². The first-order chi connectivity index (χ1) is 21.2. The summed E-state index contributed by atoms with van der Waals surface area (Å²) in [6.07, 6.45) is -3.11. The molecule has 0 aliphatic heterocycles. The van der Waals surface area contributed by atoms with Gasteiger partial charge in [-0.2, -0.15) is 22.0 Å². The number of fused-ring (bicyclic) bond motifs is 5. The van der Waals surface area contributed by atoms with Gasteiger partial charge in [0.25, 0.3) is 0 Å². The van der Waals surface area contributed by atoms with Crippen molar-refractivity contribution in [3.63, 3.8) is 0 Å². The van der Waals surface area contributed by atoms with Crippen LogP contribution in [0, 0.1) is 23.2 Å². The summed E-state index contributed by atoms with van der Waals surface area (Å²) in [6, 6.07) is 1.54. The zero-order chi connectivity index (χ0) is 34.3. The number of rotatable bonds is 14. The average Bonchev–Trinajstić information content (AvgIpc) is 3.10. The van der Waals surface area contributed by atoms with Gasteiger partial charge in [0, 0.05) is 31.5 Å². The highest BCUT2D eigenvalue weighted by Gasteiger charge is 2.57. The number of hydrogen-bond acceptors (Lipinski definition) is 3. The summed E-state index contributed by atoms with van der Waals surface area (Å²) in [4.78, 5) is 0. The van der Waals surface area contributed by atoms with Crippen LogP contribution in [0.25, 0.3) is 0 Å². The van der Waals surface area contributed by atoms with E-state index in [-0.39, 0.29) is 59.4 Å². The molecule has 2 fully saturated rings. The van der Waals surface area contributed by atoms with E-state index in [1.165, 1.54) is 0 Å². The molecule has 234 valence electrons. The van der Waals surface area contributed by atoms with E-state index in [9.17, 15) is 36.4 Å². The molecule has 3 nitrogen and oxygen atoms in total. The van der Waals surface area contributed by atoms with Gasteiger partial charge in [-0.1, -0.05) is 51.5 Å². The Morgan fingerprint density at radius 3 is 2.44 bits per heavy atom. The molecule has 4 unspecified atom stereocenters. The Morgan fingerprint density at radius 1 is 1.07 bits per heavy atom. The number of unbranched alkanes of at least 4 members (excludes halogenated alkanes) is 6. The van der Waals surface area contributed by atoms with Crippen LogP contribution in [-0.2, 0) is 17.2 Å². The molecule has 0 aromatic heterocycles. The highest BCUT2D eigenvalue weighted by molar-refractivity contribution is 7.84. The first-order valence-corrected chi connectivity index (χ1v) is 16.6. The van der Waals surface area contributed by atoms with Crippen LogP contribution in [0.4, 0.5) is 22.0 Å². The van der Waals surface area contributed by atoms with Crippen molar-refractivity contribution >= 4 is 10.8 Å². The molecule has 4 rings (SSSR count). The van der Waals surface area contributed by atoms with Gasteiger partial charge in [0.1, 0.15) is 5.75 Å². The number of alkyl halides is 5. The molecular weight excluding hydrogens is 559 g/mol. The van der Waals surface area contributed by atoms with Gasteiger partial charge in [0.15, 0.2) is 0 Å². The molecule has 0 spiro atoms. The first-order valence-electron chi connectivity index (χ1n) is 17.6. The molecule has 2 N–H and O–H groups in total. The third kappa shape index (κ3) is 7.66. The molecule has 3 aliphatic rings. The van der Waals surface area contributed by atoms with Crippen LogP contribution in [0.3, 0.4) is 0 Å². The number of aromatic hydroxyl groups is 1. The van der Waals surface area contributed by atoms with Crippen molar-refractivity contribution < 1.29 is 43.2 Å². The highest BCUT2D eigenvalue weighted by Crippen LogP contribution is 2.62. The summed E-state index contributed by atoms with van der Waals surface area (Å²) in [5, 5.41) is 21.5. The van der Waals surface area contributed by atoms with Gasteiger partial charge in [0.05, 0.1) is 10.2 Å². The predicted octanol–water partition coefficient (Wildman–Crippen LogP) is 8.68. The summed E-state index contributed by atoms with van der Waals surface area (Å²) in [6.45, 7) is 1.84. The molecule has 0 heterocycles. The molecule has 41 heavy (non-hydrogen) atoms.